The second-order valence-corrected chi connectivity index (χ2v) is 4.49. The van der Waals surface area contributed by atoms with Crippen LogP contribution in [0.2, 0.25) is 0 Å². The number of hydrogen-bond donors (Lipinski definition) is 1. The molecule has 0 bridgehead atoms. The molecule has 84 valence electrons. The maximum absolute atomic E-state index is 9.48. The molecule has 0 aliphatic heterocycles. The smallest absolute Gasteiger partial charge is 0.122 e. The van der Waals surface area contributed by atoms with Crippen molar-refractivity contribution in [2.45, 2.75) is 38.0 Å². The first-order valence-corrected chi connectivity index (χ1v) is 5.51. The Balaban J connectivity index is 1.92. The lowest BCUT2D eigenvalue weighted by Gasteiger charge is -2.23. The van der Waals surface area contributed by atoms with E-state index in [4.69, 9.17) is 0 Å². The summed E-state index contributed by atoms with van der Waals surface area (Å²) in [6.07, 6.45) is 6.64. The Kier molecular flexibility index (Phi) is 3.07. The Morgan fingerprint density at radius 1 is 1.60 bits per heavy atom. The summed E-state index contributed by atoms with van der Waals surface area (Å²) in [5, 5.41) is 9.48. The van der Waals surface area contributed by atoms with Crippen LogP contribution in [0.5, 0.6) is 0 Å². The first-order valence-electron chi connectivity index (χ1n) is 5.51. The second kappa shape index (κ2) is 4.33. The molecule has 0 aromatic carbocycles. The molecule has 0 radical (unpaired) electrons. The average Bonchev–Trinajstić information content (AvgIpc) is 2.77. The van der Waals surface area contributed by atoms with Crippen LogP contribution in [-0.2, 0) is 13.6 Å². The van der Waals surface area contributed by atoms with Gasteiger partial charge in [-0.05, 0) is 26.3 Å². The first kappa shape index (κ1) is 10.6. The highest BCUT2D eigenvalue weighted by Crippen LogP contribution is 2.23. The van der Waals surface area contributed by atoms with Crippen molar-refractivity contribution in [2.75, 3.05) is 7.05 Å². The van der Waals surface area contributed by atoms with Gasteiger partial charge >= 0.3 is 0 Å². The standard InChI is InChI=1S/C11H19N3O/c1-13-6-5-12-11(13)8-14(2)9-3-4-10(15)7-9/h5-6,9-10,15H,3-4,7-8H2,1-2H3. The van der Waals surface area contributed by atoms with Crippen LogP contribution in [0, 0.1) is 0 Å². The topological polar surface area (TPSA) is 41.3 Å². The van der Waals surface area contributed by atoms with Crippen LogP contribution in [-0.4, -0.2) is 38.8 Å². The third-order valence-electron chi connectivity index (χ3n) is 3.31. The van der Waals surface area contributed by atoms with Gasteiger partial charge in [0.15, 0.2) is 0 Å². The SMILES string of the molecule is CN(Cc1nccn1C)C1CCC(O)C1. The first-order chi connectivity index (χ1) is 7.16. The van der Waals surface area contributed by atoms with Gasteiger partial charge in [0, 0.05) is 25.5 Å². The van der Waals surface area contributed by atoms with E-state index in [2.05, 4.69) is 16.9 Å². The summed E-state index contributed by atoms with van der Waals surface area (Å²) < 4.78 is 2.04. The van der Waals surface area contributed by atoms with Crippen LogP contribution < -0.4 is 0 Å². The fourth-order valence-corrected chi connectivity index (χ4v) is 2.24. The average molecular weight is 209 g/mol. The maximum Gasteiger partial charge on any atom is 0.122 e. The zero-order valence-corrected chi connectivity index (χ0v) is 9.43. The molecule has 1 saturated carbocycles. The summed E-state index contributed by atoms with van der Waals surface area (Å²) in [5.74, 6) is 1.08. The minimum atomic E-state index is -0.0983. The zero-order chi connectivity index (χ0) is 10.8. The number of aliphatic hydroxyl groups is 1. The van der Waals surface area contributed by atoms with Gasteiger partial charge in [0.05, 0.1) is 12.6 Å². The molecular weight excluding hydrogens is 190 g/mol. The van der Waals surface area contributed by atoms with Gasteiger partial charge in [-0.25, -0.2) is 4.98 Å². The van der Waals surface area contributed by atoms with Crippen LogP contribution in [0.15, 0.2) is 12.4 Å². The van der Waals surface area contributed by atoms with Gasteiger partial charge in [-0.3, -0.25) is 4.90 Å². The highest BCUT2D eigenvalue weighted by atomic mass is 16.3. The van der Waals surface area contributed by atoms with Crippen LogP contribution in [0.25, 0.3) is 0 Å². The fourth-order valence-electron chi connectivity index (χ4n) is 2.24. The van der Waals surface area contributed by atoms with Crippen LogP contribution >= 0.6 is 0 Å². The molecule has 1 heterocycles. The Morgan fingerprint density at radius 3 is 2.93 bits per heavy atom. The molecular formula is C11H19N3O. The van der Waals surface area contributed by atoms with Crippen molar-refractivity contribution in [3.05, 3.63) is 18.2 Å². The van der Waals surface area contributed by atoms with Crippen molar-refractivity contribution < 1.29 is 5.11 Å². The van der Waals surface area contributed by atoms with Gasteiger partial charge < -0.3 is 9.67 Å². The fraction of sp³-hybridized carbons (Fsp3) is 0.727. The molecule has 1 aliphatic carbocycles. The maximum atomic E-state index is 9.48. The van der Waals surface area contributed by atoms with Crippen molar-refractivity contribution >= 4 is 0 Å². The van der Waals surface area contributed by atoms with Crippen molar-refractivity contribution in [3.8, 4) is 0 Å². The normalized spacial score (nSPS) is 26.4. The minimum absolute atomic E-state index is 0.0983. The number of rotatable bonds is 3. The molecule has 1 N–H and O–H groups in total. The van der Waals surface area contributed by atoms with Gasteiger partial charge in [0.2, 0.25) is 0 Å². The molecule has 1 aliphatic rings. The third-order valence-corrected chi connectivity index (χ3v) is 3.31. The van der Waals surface area contributed by atoms with Gasteiger partial charge in [-0.1, -0.05) is 0 Å². The Bertz CT molecular complexity index is 323. The molecule has 15 heavy (non-hydrogen) atoms. The lowest BCUT2D eigenvalue weighted by molar-refractivity contribution is 0.159. The van der Waals surface area contributed by atoms with Crippen molar-refractivity contribution in [3.63, 3.8) is 0 Å². The molecule has 2 rings (SSSR count). The highest BCUT2D eigenvalue weighted by molar-refractivity contribution is 4.92. The number of aryl methyl sites for hydroxylation is 1. The number of imidazole rings is 1. The Labute approximate surface area is 90.5 Å². The van der Waals surface area contributed by atoms with Crippen molar-refractivity contribution in [1.29, 1.82) is 0 Å². The second-order valence-electron chi connectivity index (χ2n) is 4.49. The van der Waals surface area contributed by atoms with E-state index >= 15 is 0 Å². The summed E-state index contributed by atoms with van der Waals surface area (Å²) >= 11 is 0. The van der Waals surface area contributed by atoms with E-state index in [1.165, 1.54) is 0 Å². The molecule has 2 unspecified atom stereocenters. The largest absolute Gasteiger partial charge is 0.393 e. The quantitative estimate of drug-likeness (QED) is 0.799. The molecule has 4 heteroatoms. The summed E-state index contributed by atoms with van der Waals surface area (Å²) in [6.45, 7) is 0.862. The van der Waals surface area contributed by atoms with Gasteiger partial charge in [-0.15, -0.1) is 0 Å². The van der Waals surface area contributed by atoms with E-state index in [-0.39, 0.29) is 6.10 Å². The number of nitrogens with zero attached hydrogens (tertiary/aromatic N) is 3. The lowest BCUT2D eigenvalue weighted by Crippen LogP contribution is -2.30. The number of aliphatic hydroxyl groups excluding tert-OH is 1. The molecule has 4 nitrogen and oxygen atoms in total. The molecule has 0 saturated heterocycles. The van der Waals surface area contributed by atoms with E-state index < -0.39 is 0 Å². The Hall–Kier alpha value is -0.870. The lowest BCUT2D eigenvalue weighted by atomic mass is 10.2. The van der Waals surface area contributed by atoms with Crippen LogP contribution in [0.4, 0.5) is 0 Å². The van der Waals surface area contributed by atoms with Crippen molar-refractivity contribution in [1.82, 2.24) is 14.5 Å². The van der Waals surface area contributed by atoms with Crippen LogP contribution in [0.1, 0.15) is 25.1 Å². The third kappa shape index (κ3) is 2.38. The summed E-state index contributed by atoms with van der Waals surface area (Å²) in [6, 6.07) is 0.511. The summed E-state index contributed by atoms with van der Waals surface area (Å²) in [5.41, 5.74) is 0. The molecule has 1 aromatic rings. The van der Waals surface area contributed by atoms with E-state index in [0.717, 1.165) is 31.6 Å². The van der Waals surface area contributed by atoms with E-state index in [1.54, 1.807) is 0 Å². The molecule has 1 fully saturated rings. The predicted molar refractivity (Wildman–Crippen MR) is 58.3 cm³/mol. The number of hydrogen-bond acceptors (Lipinski definition) is 3. The van der Waals surface area contributed by atoms with Gasteiger partial charge in [0.25, 0.3) is 0 Å². The van der Waals surface area contributed by atoms with Gasteiger partial charge in [0.1, 0.15) is 5.82 Å². The van der Waals surface area contributed by atoms with E-state index in [0.29, 0.717) is 6.04 Å². The monoisotopic (exact) mass is 209 g/mol. The molecule has 2 atom stereocenters. The summed E-state index contributed by atoms with van der Waals surface area (Å²) in [4.78, 5) is 6.60. The number of aromatic nitrogens is 2. The summed E-state index contributed by atoms with van der Waals surface area (Å²) in [7, 11) is 4.12. The van der Waals surface area contributed by atoms with E-state index in [1.807, 2.05) is 24.0 Å². The van der Waals surface area contributed by atoms with E-state index in [9.17, 15) is 5.11 Å². The zero-order valence-electron chi connectivity index (χ0n) is 9.43. The molecule has 1 aromatic heterocycles. The highest BCUT2D eigenvalue weighted by Gasteiger charge is 2.26. The predicted octanol–water partition coefficient (Wildman–Crippen LogP) is 0.765. The molecule has 0 spiro atoms. The minimum Gasteiger partial charge on any atom is -0.393 e. The van der Waals surface area contributed by atoms with Crippen molar-refractivity contribution in [2.24, 2.45) is 7.05 Å². The van der Waals surface area contributed by atoms with Crippen LogP contribution in [0.3, 0.4) is 0 Å². The molecule has 0 amide bonds. The Morgan fingerprint density at radius 2 is 2.40 bits per heavy atom. The van der Waals surface area contributed by atoms with Gasteiger partial charge in [-0.2, -0.15) is 0 Å².